The van der Waals surface area contributed by atoms with E-state index >= 15 is 0 Å². The fourth-order valence-electron chi connectivity index (χ4n) is 2.35. The molecular formula is C14H16N2O2S2. The number of aromatic nitrogens is 1. The van der Waals surface area contributed by atoms with Crippen molar-refractivity contribution in [3.63, 3.8) is 0 Å². The first-order valence-corrected chi connectivity index (χ1v) is 8.54. The maximum Gasteiger partial charge on any atom is 0.259 e. The molecular weight excluding hydrogens is 292 g/mol. The third-order valence-corrected chi connectivity index (χ3v) is 5.92. The Morgan fingerprint density at radius 2 is 2.40 bits per heavy atom. The summed E-state index contributed by atoms with van der Waals surface area (Å²) >= 11 is 3.74. The van der Waals surface area contributed by atoms with Crippen molar-refractivity contribution in [3.8, 4) is 0 Å². The van der Waals surface area contributed by atoms with E-state index in [-0.39, 0.29) is 5.91 Å². The van der Waals surface area contributed by atoms with Gasteiger partial charge in [-0.1, -0.05) is 11.2 Å². The van der Waals surface area contributed by atoms with Gasteiger partial charge in [0.1, 0.15) is 11.3 Å². The summed E-state index contributed by atoms with van der Waals surface area (Å²) < 4.78 is 4.99. The summed E-state index contributed by atoms with van der Waals surface area (Å²) in [5.41, 5.74) is 0.588. The molecule has 0 saturated carbocycles. The van der Waals surface area contributed by atoms with E-state index in [9.17, 15) is 4.79 Å². The van der Waals surface area contributed by atoms with Gasteiger partial charge < -0.3 is 9.42 Å². The average molecular weight is 308 g/mol. The number of thiophene rings is 1. The van der Waals surface area contributed by atoms with Gasteiger partial charge in [0.05, 0.1) is 6.20 Å². The number of aryl methyl sites for hydroxylation is 1. The van der Waals surface area contributed by atoms with Gasteiger partial charge in [-0.15, -0.1) is 11.3 Å². The Kier molecular flexibility index (Phi) is 4.12. The van der Waals surface area contributed by atoms with Gasteiger partial charge in [0.25, 0.3) is 5.91 Å². The molecule has 1 atom stereocenters. The number of rotatable bonds is 2. The molecule has 4 nitrogen and oxygen atoms in total. The third kappa shape index (κ3) is 2.76. The van der Waals surface area contributed by atoms with E-state index < -0.39 is 0 Å². The highest BCUT2D eigenvalue weighted by Gasteiger charge is 2.25. The predicted octanol–water partition coefficient (Wildman–Crippen LogP) is 3.36. The van der Waals surface area contributed by atoms with Gasteiger partial charge in [-0.2, -0.15) is 11.8 Å². The second-order valence-electron chi connectivity index (χ2n) is 4.75. The topological polar surface area (TPSA) is 46.3 Å². The number of hydrogen-bond donors (Lipinski definition) is 0. The first-order valence-electron chi connectivity index (χ1n) is 6.61. The molecule has 2 aromatic rings. The van der Waals surface area contributed by atoms with Gasteiger partial charge in [0, 0.05) is 29.0 Å². The van der Waals surface area contributed by atoms with Crippen molar-refractivity contribution in [1.82, 2.24) is 10.1 Å². The maximum atomic E-state index is 12.4. The standard InChI is InChI=1S/C14H16N2O2S2/c1-10-11(9-15-18-10)14(17)16-5-4-13(20-8-6-16)12-3-2-7-19-12/h2-3,7,9,13H,4-6,8H2,1H3. The van der Waals surface area contributed by atoms with Crippen LogP contribution in [0, 0.1) is 6.92 Å². The summed E-state index contributed by atoms with van der Waals surface area (Å²) in [5, 5.41) is 6.32. The van der Waals surface area contributed by atoms with E-state index in [0.717, 1.165) is 25.3 Å². The Morgan fingerprint density at radius 3 is 3.10 bits per heavy atom. The van der Waals surface area contributed by atoms with Crippen LogP contribution in [-0.4, -0.2) is 34.8 Å². The average Bonchev–Trinajstić information content (AvgIpc) is 3.05. The Morgan fingerprint density at radius 1 is 1.50 bits per heavy atom. The molecule has 0 N–H and O–H groups in total. The summed E-state index contributed by atoms with van der Waals surface area (Å²) in [6.07, 6.45) is 2.52. The van der Waals surface area contributed by atoms with Gasteiger partial charge >= 0.3 is 0 Å². The molecule has 20 heavy (non-hydrogen) atoms. The van der Waals surface area contributed by atoms with Crippen LogP contribution < -0.4 is 0 Å². The van der Waals surface area contributed by atoms with Crippen LogP contribution in [-0.2, 0) is 0 Å². The van der Waals surface area contributed by atoms with Crippen molar-refractivity contribution in [3.05, 3.63) is 39.9 Å². The first kappa shape index (κ1) is 13.7. The molecule has 3 rings (SSSR count). The second-order valence-corrected chi connectivity index (χ2v) is 7.04. The van der Waals surface area contributed by atoms with Crippen molar-refractivity contribution in [2.75, 3.05) is 18.8 Å². The van der Waals surface area contributed by atoms with E-state index in [1.54, 1.807) is 18.3 Å². The Bertz CT molecular complexity index is 580. The normalized spacial score (nSPS) is 19.9. The SMILES string of the molecule is Cc1oncc1C(=O)N1CCSC(c2cccs2)CC1. The zero-order valence-corrected chi connectivity index (χ0v) is 12.9. The first-order chi connectivity index (χ1) is 9.75. The summed E-state index contributed by atoms with van der Waals surface area (Å²) in [7, 11) is 0. The number of hydrogen-bond acceptors (Lipinski definition) is 5. The molecule has 106 valence electrons. The second kappa shape index (κ2) is 6.01. The molecule has 1 fully saturated rings. The monoisotopic (exact) mass is 308 g/mol. The predicted molar refractivity (Wildman–Crippen MR) is 81.3 cm³/mol. The zero-order chi connectivity index (χ0) is 13.9. The maximum absolute atomic E-state index is 12.4. The lowest BCUT2D eigenvalue weighted by atomic mass is 10.2. The molecule has 1 aliphatic rings. The lowest BCUT2D eigenvalue weighted by molar-refractivity contribution is 0.0765. The fraction of sp³-hybridized carbons (Fsp3) is 0.429. The molecule has 1 saturated heterocycles. The van der Waals surface area contributed by atoms with Gasteiger partial charge in [-0.3, -0.25) is 4.79 Å². The minimum absolute atomic E-state index is 0.0381. The van der Waals surface area contributed by atoms with Crippen LogP contribution in [0.15, 0.2) is 28.2 Å². The van der Waals surface area contributed by atoms with Crippen molar-refractivity contribution in [2.24, 2.45) is 0 Å². The molecule has 0 aromatic carbocycles. The molecule has 1 aliphatic heterocycles. The van der Waals surface area contributed by atoms with E-state index in [0.29, 0.717) is 16.6 Å². The summed E-state index contributed by atoms with van der Waals surface area (Å²) in [4.78, 5) is 15.8. The Hall–Kier alpha value is -1.27. The van der Waals surface area contributed by atoms with E-state index in [2.05, 4.69) is 22.7 Å². The van der Waals surface area contributed by atoms with Gasteiger partial charge in [-0.25, -0.2) is 0 Å². The number of amides is 1. The molecule has 0 radical (unpaired) electrons. The molecule has 6 heteroatoms. The highest BCUT2D eigenvalue weighted by molar-refractivity contribution is 7.99. The third-order valence-electron chi connectivity index (χ3n) is 3.47. The largest absolute Gasteiger partial charge is 0.361 e. The van der Waals surface area contributed by atoms with Crippen molar-refractivity contribution in [2.45, 2.75) is 18.6 Å². The highest BCUT2D eigenvalue weighted by Crippen LogP contribution is 2.36. The molecule has 1 amide bonds. The summed E-state index contributed by atoms with van der Waals surface area (Å²) in [6.45, 7) is 3.36. The number of carbonyl (C=O) groups excluding carboxylic acids is 1. The molecule has 2 aromatic heterocycles. The quantitative estimate of drug-likeness (QED) is 0.853. The molecule has 0 aliphatic carbocycles. The number of carbonyl (C=O) groups is 1. The highest BCUT2D eigenvalue weighted by atomic mass is 32.2. The summed E-state index contributed by atoms with van der Waals surface area (Å²) in [6, 6.07) is 4.28. The lowest BCUT2D eigenvalue weighted by Gasteiger charge is -2.19. The van der Waals surface area contributed by atoms with Gasteiger partial charge in [-0.05, 0) is 24.8 Å². The number of thioether (sulfide) groups is 1. The lowest BCUT2D eigenvalue weighted by Crippen LogP contribution is -2.33. The van der Waals surface area contributed by atoms with E-state index in [4.69, 9.17) is 4.52 Å². The van der Waals surface area contributed by atoms with Gasteiger partial charge in [0.15, 0.2) is 0 Å². The molecule has 1 unspecified atom stereocenters. The van der Waals surface area contributed by atoms with Gasteiger partial charge in [0.2, 0.25) is 0 Å². The van der Waals surface area contributed by atoms with Crippen molar-refractivity contribution < 1.29 is 9.32 Å². The van der Waals surface area contributed by atoms with Crippen LogP contribution in [0.25, 0.3) is 0 Å². The van der Waals surface area contributed by atoms with Crippen molar-refractivity contribution in [1.29, 1.82) is 0 Å². The fourth-order valence-corrected chi connectivity index (χ4v) is 4.59. The van der Waals surface area contributed by atoms with Crippen molar-refractivity contribution >= 4 is 29.0 Å². The molecule has 0 spiro atoms. The smallest absolute Gasteiger partial charge is 0.259 e. The minimum atomic E-state index is 0.0381. The van der Waals surface area contributed by atoms with Crippen LogP contribution >= 0.6 is 23.1 Å². The summed E-state index contributed by atoms with van der Waals surface area (Å²) in [5.74, 6) is 1.61. The van der Waals surface area contributed by atoms with Crippen LogP contribution in [0.3, 0.4) is 0 Å². The van der Waals surface area contributed by atoms with Crippen LogP contribution in [0.4, 0.5) is 0 Å². The van der Waals surface area contributed by atoms with Crippen LogP contribution in [0.1, 0.15) is 32.7 Å². The molecule has 3 heterocycles. The van der Waals surface area contributed by atoms with Crippen LogP contribution in [0.2, 0.25) is 0 Å². The zero-order valence-electron chi connectivity index (χ0n) is 11.2. The van der Waals surface area contributed by atoms with Crippen LogP contribution in [0.5, 0.6) is 0 Å². The molecule has 0 bridgehead atoms. The number of nitrogens with zero attached hydrogens (tertiary/aromatic N) is 2. The van der Waals surface area contributed by atoms with E-state index in [1.165, 1.54) is 11.1 Å². The Balaban J connectivity index is 1.68. The minimum Gasteiger partial charge on any atom is -0.361 e. The van der Waals surface area contributed by atoms with E-state index in [1.807, 2.05) is 16.7 Å². The Labute approximate surface area is 126 Å².